The highest BCUT2D eigenvalue weighted by Crippen LogP contribution is 2.33. The maximum atomic E-state index is 15.2. The van der Waals surface area contributed by atoms with E-state index in [-0.39, 0.29) is 11.6 Å². The van der Waals surface area contributed by atoms with Gasteiger partial charge in [-0.25, -0.2) is 8.78 Å². The summed E-state index contributed by atoms with van der Waals surface area (Å²) in [5.41, 5.74) is 3.35. The van der Waals surface area contributed by atoms with Crippen LogP contribution < -0.4 is 4.74 Å². The zero-order chi connectivity index (χ0) is 20.4. The minimum Gasteiger partial charge on any atom is -0.497 e. The van der Waals surface area contributed by atoms with Crippen molar-refractivity contribution in [3.05, 3.63) is 90.0 Å². The molecular formula is C26H22F2O. The number of halogens is 2. The molecule has 0 spiro atoms. The van der Waals surface area contributed by atoms with Crippen molar-refractivity contribution < 1.29 is 13.5 Å². The van der Waals surface area contributed by atoms with Crippen LogP contribution in [0.2, 0.25) is 0 Å². The lowest BCUT2D eigenvalue weighted by atomic mass is 9.96. The summed E-state index contributed by atoms with van der Waals surface area (Å²) in [5, 5.41) is 1.43. The molecule has 0 N–H and O–H groups in total. The largest absolute Gasteiger partial charge is 0.497 e. The van der Waals surface area contributed by atoms with Crippen LogP contribution in [0, 0.1) is 11.6 Å². The number of fused-ring (bicyclic) bond motifs is 1. The Kier molecular flexibility index (Phi) is 5.30. The van der Waals surface area contributed by atoms with E-state index >= 15 is 4.39 Å². The van der Waals surface area contributed by atoms with Gasteiger partial charge >= 0.3 is 0 Å². The second-order valence-electron chi connectivity index (χ2n) is 7.16. The molecule has 4 rings (SSSR count). The molecule has 0 fully saturated rings. The topological polar surface area (TPSA) is 9.23 Å². The van der Waals surface area contributed by atoms with Crippen molar-refractivity contribution in [1.29, 1.82) is 0 Å². The molecule has 146 valence electrons. The van der Waals surface area contributed by atoms with Crippen molar-refractivity contribution in [2.24, 2.45) is 0 Å². The highest BCUT2D eigenvalue weighted by atomic mass is 19.1. The van der Waals surface area contributed by atoms with Crippen molar-refractivity contribution in [3.8, 4) is 28.0 Å². The number of hydrogen-bond acceptors (Lipinski definition) is 1. The lowest BCUT2D eigenvalue weighted by molar-refractivity contribution is 0.415. The molecule has 0 aliphatic rings. The van der Waals surface area contributed by atoms with Crippen LogP contribution in [0.5, 0.6) is 5.75 Å². The Morgan fingerprint density at radius 1 is 0.759 bits per heavy atom. The van der Waals surface area contributed by atoms with E-state index in [0.29, 0.717) is 27.8 Å². The van der Waals surface area contributed by atoms with Gasteiger partial charge < -0.3 is 4.74 Å². The fourth-order valence-corrected chi connectivity index (χ4v) is 3.70. The quantitative estimate of drug-likeness (QED) is 0.346. The van der Waals surface area contributed by atoms with Gasteiger partial charge in [-0.05, 0) is 46.7 Å². The molecule has 0 bridgehead atoms. The highest BCUT2D eigenvalue weighted by Gasteiger charge is 2.13. The lowest BCUT2D eigenvalue weighted by Gasteiger charge is -2.11. The maximum absolute atomic E-state index is 15.2. The number of aryl methyl sites for hydroxylation is 1. The summed E-state index contributed by atoms with van der Waals surface area (Å²) in [7, 11) is 1.59. The SMILES string of the molecule is CCCc1ccc2c(F)c(-c3ccc(-c4ccc(OC)cc4)c(F)c3)ccc2c1. The Morgan fingerprint density at radius 2 is 1.48 bits per heavy atom. The molecule has 29 heavy (non-hydrogen) atoms. The van der Waals surface area contributed by atoms with Crippen LogP contribution in [0.3, 0.4) is 0 Å². The summed E-state index contributed by atoms with van der Waals surface area (Å²) in [6.45, 7) is 2.12. The van der Waals surface area contributed by atoms with Crippen molar-refractivity contribution in [1.82, 2.24) is 0 Å². The highest BCUT2D eigenvalue weighted by molar-refractivity contribution is 5.89. The third-order valence-electron chi connectivity index (χ3n) is 5.24. The summed E-state index contributed by atoms with van der Waals surface area (Å²) in [6.07, 6.45) is 2.02. The van der Waals surface area contributed by atoms with Crippen LogP contribution in [0.1, 0.15) is 18.9 Å². The Labute approximate surface area is 169 Å². The molecule has 3 heteroatoms. The van der Waals surface area contributed by atoms with Crippen LogP contribution in [0.4, 0.5) is 8.78 Å². The Hall–Kier alpha value is -3.20. The van der Waals surface area contributed by atoms with Gasteiger partial charge in [-0.2, -0.15) is 0 Å². The zero-order valence-electron chi connectivity index (χ0n) is 16.5. The fourth-order valence-electron chi connectivity index (χ4n) is 3.70. The van der Waals surface area contributed by atoms with Crippen molar-refractivity contribution in [2.45, 2.75) is 19.8 Å². The van der Waals surface area contributed by atoms with E-state index in [1.165, 1.54) is 11.6 Å². The summed E-state index contributed by atoms with van der Waals surface area (Å²) in [5.74, 6) is 0.0127. The summed E-state index contributed by atoms with van der Waals surface area (Å²) >= 11 is 0. The van der Waals surface area contributed by atoms with Gasteiger partial charge in [0.2, 0.25) is 0 Å². The van der Waals surface area contributed by atoms with Gasteiger partial charge in [0.25, 0.3) is 0 Å². The lowest BCUT2D eigenvalue weighted by Crippen LogP contribution is -1.91. The first-order chi connectivity index (χ1) is 14.1. The standard InChI is InChI=1S/C26H22F2O/c1-3-4-17-5-12-23-19(15-17)9-14-24(26(23)28)20-8-13-22(25(27)16-20)18-6-10-21(29-2)11-7-18/h5-16H,3-4H2,1-2H3. The average molecular weight is 388 g/mol. The Balaban J connectivity index is 1.72. The molecule has 0 aromatic heterocycles. The average Bonchev–Trinajstić information content (AvgIpc) is 2.74. The van der Waals surface area contributed by atoms with E-state index in [9.17, 15) is 4.39 Å². The van der Waals surface area contributed by atoms with Gasteiger partial charge in [0.15, 0.2) is 0 Å². The minimum absolute atomic E-state index is 0.317. The first-order valence-electron chi connectivity index (χ1n) is 9.76. The van der Waals surface area contributed by atoms with Gasteiger partial charge in [-0.15, -0.1) is 0 Å². The van der Waals surface area contributed by atoms with E-state index in [2.05, 4.69) is 6.92 Å². The number of hydrogen-bond donors (Lipinski definition) is 0. The molecule has 0 saturated carbocycles. The predicted molar refractivity (Wildman–Crippen MR) is 115 cm³/mol. The summed E-state index contributed by atoms with van der Waals surface area (Å²) in [6, 6.07) is 21.5. The van der Waals surface area contributed by atoms with Crippen LogP contribution in [-0.2, 0) is 6.42 Å². The van der Waals surface area contributed by atoms with Gasteiger partial charge in [-0.3, -0.25) is 0 Å². The molecule has 0 atom stereocenters. The second kappa shape index (κ2) is 8.04. The van der Waals surface area contributed by atoms with E-state index in [4.69, 9.17) is 4.74 Å². The molecule has 0 amide bonds. The van der Waals surface area contributed by atoms with Gasteiger partial charge in [0, 0.05) is 16.5 Å². The maximum Gasteiger partial charge on any atom is 0.138 e. The van der Waals surface area contributed by atoms with Crippen LogP contribution in [0.25, 0.3) is 33.0 Å². The van der Waals surface area contributed by atoms with Crippen molar-refractivity contribution in [2.75, 3.05) is 7.11 Å². The Morgan fingerprint density at radius 3 is 2.17 bits per heavy atom. The molecule has 0 saturated heterocycles. The van der Waals surface area contributed by atoms with Crippen molar-refractivity contribution in [3.63, 3.8) is 0 Å². The molecule has 4 aromatic rings. The van der Waals surface area contributed by atoms with Crippen LogP contribution >= 0.6 is 0 Å². The first-order valence-corrected chi connectivity index (χ1v) is 9.76. The van der Waals surface area contributed by atoms with Crippen LogP contribution in [0.15, 0.2) is 72.8 Å². The monoisotopic (exact) mass is 388 g/mol. The summed E-state index contributed by atoms with van der Waals surface area (Å²) in [4.78, 5) is 0. The molecule has 0 radical (unpaired) electrons. The molecule has 0 heterocycles. The third-order valence-corrected chi connectivity index (χ3v) is 5.24. The number of ether oxygens (including phenoxy) is 1. The van der Waals surface area contributed by atoms with E-state index in [1.54, 1.807) is 49.6 Å². The second-order valence-corrected chi connectivity index (χ2v) is 7.16. The smallest absolute Gasteiger partial charge is 0.138 e. The third kappa shape index (κ3) is 3.73. The predicted octanol–water partition coefficient (Wildman–Crippen LogP) is 7.41. The van der Waals surface area contributed by atoms with Gasteiger partial charge in [-0.1, -0.05) is 67.9 Å². The van der Waals surface area contributed by atoms with E-state index in [0.717, 1.165) is 23.8 Å². The number of methoxy groups -OCH3 is 1. The number of rotatable bonds is 5. The molecule has 0 aliphatic heterocycles. The fraction of sp³-hybridized carbons (Fsp3) is 0.154. The molecule has 0 unspecified atom stereocenters. The van der Waals surface area contributed by atoms with E-state index in [1.807, 2.05) is 24.3 Å². The van der Waals surface area contributed by atoms with E-state index < -0.39 is 0 Å². The first kappa shape index (κ1) is 19.1. The van der Waals surface area contributed by atoms with Crippen LogP contribution in [-0.4, -0.2) is 7.11 Å². The van der Waals surface area contributed by atoms with Crippen molar-refractivity contribution >= 4 is 10.8 Å². The zero-order valence-corrected chi connectivity index (χ0v) is 16.5. The van der Waals surface area contributed by atoms with Gasteiger partial charge in [0.1, 0.15) is 17.4 Å². The molecule has 1 nitrogen and oxygen atoms in total. The normalized spacial score (nSPS) is 11.0. The molecule has 0 aliphatic carbocycles. The Bertz CT molecular complexity index is 1160. The molecular weight excluding hydrogens is 366 g/mol. The summed E-state index contributed by atoms with van der Waals surface area (Å²) < 4.78 is 35.2. The van der Waals surface area contributed by atoms with Gasteiger partial charge in [0.05, 0.1) is 7.11 Å². The molecule has 4 aromatic carbocycles. The minimum atomic E-state index is -0.384. The number of benzene rings is 4.